The van der Waals surface area contributed by atoms with Gasteiger partial charge in [0.15, 0.2) is 5.16 Å². The summed E-state index contributed by atoms with van der Waals surface area (Å²) in [6.07, 6.45) is 0. The van der Waals surface area contributed by atoms with E-state index in [1.807, 2.05) is 38.1 Å². The molecule has 1 amide bonds. The molecule has 29 heavy (non-hydrogen) atoms. The second-order valence-electron chi connectivity index (χ2n) is 6.49. The maximum atomic E-state index is 12.4. The van der Waals surface area contributed by atoms with Crippen LogP contribution in [0.15, 0.2) is 46.5 Å². The van der Waals surface area contributed by atoms with E-state index in [0.29, 0.717) is 0 Å². The first kappa shape index (κ1) is 21.9. The monoisotopic (exact) mass is 472 g/mol. The Morgan fingerprint density at radius 1 is 1.24 bits per heavy atom. The zero-order valence-electron chi connectivity index (χ0n) is 15.5. The SMILES string of the molecule is CC(C)n1c(SCC(=O)Nc2c(Cl)cc(S(N)(=O)=O)cc2Cl)nc2ccccc21. The number of amides is 1. The first-order valence-corrected chi connectivity index (χ1v) is 11.8. The minimum atomic E-state index is -3.96. The molecular weight excluding hydrogens is 455 g/mol. The summed E-state index contributed by atoms with van der Waals surface area (Å²) in [6, 6.07) is 10.2. The number of nitrogens with zero attached hydrogens (tertiary/aromatic N) is 2. The highest BCUT2D eigenvalue weighted by Crippen LogP contribution is 2.34. The molecule has 0 saturated heterocycles. The van der Waals surface area contributed by atoms with Crippen molar-refractivity contribution in [2.24, 2.45) is 5.14 Å². The lowest BCUT2D eigenvalue weighted by molar-refractivity contribution is -0.113. The normalized spacial score (nSPS) is 11.9. The molecule has 2 aromatic carbocycles. The Labute approximate surface area is 182 Å². The molecule has 0 spiro atoms. The van der Waals surface area contributed by atoms with Crippen molar-refractivity contribution in [2.45, 2.75) is 29.9 Å². The van der Waals surface area contributed by atoms with Crippen LogP contribution in [0.2, 0.25) is 10.0 Å². The quantitative estimate of drug-likeness (QED) is 0.519. The number of para-hydroxylation sites is 2. The Hall–Kier alpha value is -1.78. The van der Waals surface area contributed by atoms with Gasteiger partial charge in [-0.25, -0.2) is 18.5 Å². The molecule has 1 aromatic heterocycles. The molecule has 154 valence electrons. The molecule has 0 aliphatic rings. The van der Waals surface area contributed by atoms with Gasteiger partial charge in [-0.2, -0.15) is 0 Å². The predicted molar refractivity (Wildman–Crippen MR) is 117 cm³/mol. The van der Waals surface area contributed by atoms with E-state index in [9.17, 15) is 13.2 Å². The summed E-state index contributed by atoms with van der Waals surface area (Å²) >= 11 is 13.4. The van der Waals surface area contributed by atoms with Crippen LogP contribution in [-0.4, -0.2) is 29.6 Å². The molecule has 11 heteroatoms. The third kappa shape index (κ3) is 4.87. The number of benzene rings is 2. The number of thioether (sulfide) groups is 1. The first-order valence-electron chi connectivity index (χ1n) is 8.49. The summed E-state index contributed by atoms with van der Waals surface area (Å²) in [4.78, 5) is 16.8. The lowest BCUT2D eigenvalue weighted by Crippen LogP contribution is -2.16. The average Bonchev–Trinajstić information content (AvgIpc) is 3.00. The van der Waals surface area contributed by atoms with Crippen LogP contribution in [0.5, 0.6) is 0 Å². The van der Waals surface area contributed by atoms with E-state index < -0.39 is 10.0 Å². The maximum absolute atomic E-state index is 12.4. The zero-order chi connectivity index (χ0) is 21.3. The van der Waals surface area contributed by atoms with E-state index in [2.05, 4.69) is 14.9 Å². The number of nitrogens with two attached hydrogens (primary N) is 1. The van der Waals surface area contributed by atoms with Gasteiger partial charge in [-0.05, 0) is 38.1 Å². The van der Waals surface area contributed by atoms with Crippen LogP contribution in [0.4, 0.5) is 5.69 Å². The number of carbonyl (C=O) groups is 1. The van der Waals surface area contributed by atoms with Gasteiger partial charge in [0.05, 0.1) is 37.4 Å². The van der Waals surface area contributed by atoms with Crippen LogP contribution >= 0.6 is 35.0 Å². The van der Waals surface area contributed by atoms with Gasteiger partial charge >= 0.3 is 0 Å². The number of aromatic nitrogens is 2. The minimum absolute atomic E-state index is 0.0192. The van der Waals surface area contributed by atoms with Gasteiger partial charge in [-0.15, -0.1) is 0 Å². The lowest BCUT2D eigenvalue weighted by atomic mass is 10.3. The Kier molecular flexibility index (Phi) is 6.45. The second kappa shape index (κ2) is 8.53. The Balaban J connectivity index is 1.78. The zero-order valence-corrected chi connectivity index (χ0v) is 18.7. The minimum Gasteiger partial charge on any atom is -0.323 e. The molecule has 0 aliphatic carbocycles. The van der Waals surface area contributed by atoms with Crippen LogP contribution in [-0.2, 0) is 14.8 Å². The number of hydrogen-bond donors (Lipinski definition) is 2. The highest BCUT2D eigenvalue weighted by Gasteiger charge is 2.18. The number of primary sulfonamides is 1. The number of hydrogen-bond acceptors (Lipinski definition) is 5. The van der Waals surface area contributed by atoms with Crippen LogP contribution in [0.25, 0.3) is 11.0 Å². The number of nitrogens with one attached hydrogen (secondary N) is 1. The molecule has 0 radical (unpaired) electrons. The molecule has 3 N–H and O–H groups in total. The van der Waals surface area contributed by atoms with E-state index in [1.165, 1.54) is 11.8 Å². The van der Waals surface area contributed by atoms with E-state index in [1.54, 1.807) is 0 Å². The van der Waals surface area contributed by atoms with Gasteiger partial charge in [-0.3, -0.25) is 4.79 Å². The van der Waals surface area contributed by atoms with Crippen molar-refractivity contribution in [1.29, 1.82) is 0 Å². The largest absolute Gasteiger partial charge is 0.323 e. The summed E-state index contributed by atoms with van der Waals surface area (Å²) in [5.41, 5.74) is 1.98. The first-order chi connectivity index (χ1) is 13.6. The number of halogens is 2. The summed E-state index contributed by atoms with van der Waals surface area (Å²) in [5, 5.41) is 8.38. The maximum Gasteiger partial charge on any atom is 0.238 e. The van der Waals surface area contributed by atoms with Crippen molar-refractivity contribution in [2.75, 3.05) is 11.1 Å². The topological polar surface area (TPSA) is 107 Å². The van der Waals surface area contributed by atoms with Crippen LogP contribution in [0.3, 0.4) is 0 Å². The molecular formula is C18H18Cl2N4O3S2. The fraction of sp³-hybridized carbons (Fsp3) is 0.222. The summed E-state index contributed by atoms with van der Waals surface area (Å²) < 4.78 is 25.0. The number of rotatable bonds is 6. The van der Waals surface area contributed by atoms with E-state index in [4.69, 9.17) is 28.3 Å². The van der Waals surface area contributed by atoms with Crippen molar-refractivity contribution in [1.82, 2.24) is 9.55 Å². The molecule has 3 rings (SSSR count). The summed E-state index contributed by atoms with van der Waals surface area (Å²) in [7, 11) is -3.96. The van der Waals surface area contributed by atoms with Gasteiger partial charge in [0, 0.05) is 6.04 Å². The smallest absolute Gasteiger partial charge is 0.238 e. The lowest BCUT2D eigenvalue weighted by Gasteiger charge is -2.13. The van der Waals surface area contributed by atoms with Gasteiger partial charge < -0.3 is 9.88 Å². The number of imidazole rings is 1. The Bertz CT molecular complexity index is 1170. The fourth-order valence-corrected chi connectivity index (χ4v) is 4.98. The molecule has 7 nitrogen and oxygen atoms in total. The number of anilines is 1. The van der Waals surface area contributed by atoms with E-state index in [-0.39, 0.29) is 38.3 Å². The summed E-state index contributed by atoms with van der Waals surface area (Å²) in [6.45, 7) is 4.09. The Morgan fingerprint density at radius 2 is 1.86 bits per heavy atom. The van der Waals surface area contributed by atoms with E-state index in [0.717, 1.165) is 28.3 Å². The van der Waals surface area contributed by atoms with Gasteiger partial charge in [-0.1, -0.05) is 47.1 Å². The fourth-order valence-electron chi connectivity index (χ4n) is 2.76. The molecule has 0 aliphatic heterocycles. The van der Waals surface area contributed by atoms with Crippen LogP contribution < -0.4 is 10.5 Å². The second-order valence-corrected chi connectivity index (χ2v) is 9.81. The highest BCUT2D eigenvalue weighted by molar-refractivity contribution is 7.99. The number of sulfonamides is 1. The molecule has 0 fully saturated rings. The number of fused-ring (bicyclic) bond motifs is 1. The van der Waals surface area contributed by atoms with Gasteiger partial charge in [0.25, 0.3) is 0 Å². The molecule has 0 unspecified atom stereocenters. The molecule has 0 saturated carbocycles. The predicted octanol–water partition coefficient (Wildman–Crippen LogP) is 4.30. The Morgan fingerprint density at radius 3 is 2.45 bits per heavy atom. The summed E-state index contributed by atoms with van der Waals surface area (Å²) in [5.74, 6) is -0.288. The van der Waals surface area contributed by atoms with Crippen molar-refractivity contribution < 1.29 is 13.2 Å². The van der Waals surface area contributed by atoms with E-state index >= 15 is 0 Å². The van der Waals surface area contributed by atoms with Gasteiger partial charge in [0.1, 0.15) is 0 Å². The molecule has 0 bridgehead atoms. The molecule has 0 atom stereocenters. The average molecular weight is 473 g/mol. The standard InChI is InChI=1S/C18H18Cl2N4O3S2/c1-10(2)24-15-6-4-3-5-14(15)22-18(24)28-9-16(25)23-17-12(19)7-11(8-13(17)20)29(21,26)27/h3-8,10H,9H2,1-2H3,(H,23,25)(H2,21,26,27). The van der Waals surface area contributed by atoms with Gasteiger partial charge in [0.2, 0.25) is 15.9 Å². The van der Waals surface area contributed by atoms with Crippen LogP contribution in [0.1, 0.15) is 19.9 Å². The van der Waals surface area contributed by atoms with Crippen molar-refractivity contribution in [3.8, 4) is 0 Å². The van der Waals surface area contributed by atoms with Crippen molar-refractivity contribution in [3.05, 3.63) is 46.4 Å². The van der Waals surface area contributed by atoms with Crippen molar-refractivity contribution in [3.63, 3.8) is 0 Å². The van der Waals surface area contributed by atoms with Crippen molar-refractivity contribution >= 4 is 67.6 Å². The third-order valence-electron chi connectivity index (χ3n) is 4.02. The molecule has 3 aromatic rings. The highest BCUT2D eigenvalue weighted by atomic mass is 35.5. The third-order valence-corrected chi connectivity index (χ3v) is 6.46. The van der Waals surface area contributed by atoms with Crippen LogP contribution in [0, 0.1) is 0 Å². The number of carbonyl (C=O) groups excluding carboxylic acids is 1. The molecule has 1 heterocycles.